The van der Waals surface area contributed by atoms with Gasteiger partial charge in [-0.15, -0.1) is 10.2 Å². The summed E-state index contributed by atoms with van der Waals surface area (Å²) < 4.78 is 10.2. The van der Waals surface area contributed by atoms with Crippen molar-refractivity contribution in [3.05, 3.63) is 107 Å². The van der Waals surface area contributed by atoms with E-state index in [1.165, 1.54) is 16.9 Å². The van der Waals surface area contributed by atoms with E-state index in [1.54, 1.807) is 29.3 Å². The average molecular weight is 526 g/mol. The third kappa shape index (κ3) is 4.75. The monoisotopic (exact) mass is 525 g/mol. The zero-order chi connectivity index (χ0) is 25.2. The summed E-state index contributed by atoms with van der Waals surface area (Å²) in [7, 11) is 1.65. The Labute approximate surface area is 221 Å². The molecule has 6 aromatic rings. The van der Waals surface area contributed by atoms with Crippen molar-refractivity contribution in [2.45, 2.75) is 23.9 Å². The molecule has 6 rings (SSSR count). The number of para-hydroxylation sites is 1. The van der Waals surface area contributed by atoms with Crippen molar-refractivity contribution in [2.24, 2.45) is 0 Å². The number of benzene rings is 3. The van der Waals surface area contributed by atoms with Crippen molar-refractivity contribution in [1.82, 2.24) is 24.1 Å². The first-order chi connectivity index (χ1) is 18.2. The Bertz CT molecular complexity index is 1740. The van der Waals surface area contributed by atoms with Gasteiger partial charge in [0.05, 0.1) is 23.0 Å². The molecule has 0 spiro atoms. The summed E-state index contributed by atoms with van der Waals surface area (Å²) in [4.78, 5) is 18.4. The van der Waals surface area contributed by atoms with Gasteiger partial charge >= 0.3 is 0 Å². The zero-order valence-corrected chi connectivity index (χ0v) is 21.7. The predicted octanol–water partition coefficient (Wildman–Crippen LogP) is 5.71. The largest absolute Gasteiger partial charge is 0.497 e. The number of fused-ring (bicyclic) bond motifs is 3. The van der Waals surface area contributed by atoms with E-state index >= 15 is 0 Å². The molecule has 3 heterocycles. The zero-order valence-electron chi connectivity index (χ0n) is 20.1. The number of ether oxygens (including phenoxy) is 1. The van der Waals surface area contributed by atoms with Gasteiger partial charge in [0.15, 0.2) is 15.9 Å². The Hall–Kier alpha value is -3.95. The molecule has 0 saturated heterocycles. The Morgan fingerprint density at radius 1 is 0.946 bits per heavy atom. The lowest BCUT2D eigenvalue weighted by Gasteiger charge is -2.11. The fourth-order valence-electron chi connectivity index (χ4n) is 4.27. The van der Waals surface area contributed by atoms with Gasteiger partial charge in [-0.2, -0.15) is 0 Å². The van der Waals surface area contributed by atoms with E-state index in [9.17, 15) is 4.79 Å². The lowest BCUT2D eigenvalue weighted by Crippen LogP contribution is -2.13. The van der Waals surface area contributed by atoms with Crippen LogP contribution in [0.3, 0.4) is 0 Å². The Balaban J connectivity index is 1.30. The average Bonchev–Trinajstić information content (AvgIpc) is 3.52. The van der Waals surface area contributed by atoms with Gasteiger partial charge in [-0.1, -0.05) is 65.6 Å². The molecule has 3 aromatic heterocycles. The molecule has 184 valence electrons. The molecule has 0 aliphatic heterocycles. The van der Waals surface area contributed by atoms with Crippen LogP contribution in [0.1, 0.15) is 11.3 Å². The summed E-state index contributed by atoms with van der Waals surface area (Å²) in [6.45, 7) is 0.728. The molecule has 0 amide bonds. The molecule has 9 heteroatoms. The van der Waals surface area contributed by atoms with Gasteiger partial charge in [-0.25, -0.2) is 4.98 Å². The van der Waals surface area contributed by atoms with Gasteiger partial charge in [0, 0.05) is 23.9 Å². The quantitative estimate of drug-likeness (QED) is 0.237. The number of thioether (sulfide) groups is 1. The number of aryl methyl sites for hydroxylation is 1. The molecule has 37 heavy (non-hydrogen) atoms. The summed E-state index contributed by atoms with van der Waals surface area (Å²) in [5.41, 5.74) is 3.77. The van der Waals surface area contributed by atoms with E-state index in [0.29, 0.717) is 10.7 Å². The van der Waals surface area contributed by atoms with E-state index in [4.69, 9.17) is 9.72 Å². The third-order valence-electron chi connectivity index (χ3n) is 6.13. The Kier molecular flexibility index (Phi) is 6.46. The maximum Gasteiger partial charge on any atom is 0.259 e. The molecule has 0 unspecified atom stereocenters. The summed E-state index contributed by atoms with van der Waals surface area (Å²) in [6, 6.07) is 27.7. The van der Waals surface area contributed by atoms with E-state index in [1.807, 2.05) is 54.6 Å². The fourth-order valence-corrected chi connectivity index (χ4v) is 6.18. The second kappa shape index (κ2) is 10.2. The molecule has 0 N–H and O–H groups in total. The molecule has 0 aliphatic rings. The van der Waals surface area contributed by atoms with Crippen LogP contribution in [0.5, 0.6) is 5.75 Å². The highest BCUT2D eigenvalue weighted by molar-refractivity contribution is 7.98. The first-order valence-corrected chi connectivity index (χ1v) is 13.6. The molecule has 0 fully saturated rings. The van der Waals surface area contributed by atoms with E-state index in [2.05, 4.69) is 39.0 Å². The van der Waals surface area contributed by atoms with E-state index in [0.717, 1.165) is 51.2 Å². The van der Waals surface area contributed by atoms with Gasteiger partial charge < -0.3 is 9.30 Å². The Morgan fingerprint density at radius 3 is 2.54 bits per heavy atom. The van der Waals surface area contributed by atoms with Crippen molar-refractivity contribution in [1.29, 1.82) is 0 Å². The number of hydrogen-bond donors (Lipinski definition) is 0. The standard InChI is InChI=1S/C28H23N5O2S2/c1-35-22-13-11-20(12-14-22)26-30-31-28(32(26)16-15-19-7-3-2-4-8-19)36-18-21-17-25(34)33-23-9-5-6-10-24(23)37-27(33)29-21/h2-14,17H,15-16,18H2,1H3. The summed E-state index contributed by atoms with van der Waals surface area (Å²) in [6.07, 6.45) is 0.850. The molecule has 0 radical (unpaired) electrons. The van der Waals surface area contributed by atoms with Crippen LogP contribution >= 0.6 is 23.1 Å². The normalized spacial score (nSPS) is 11.4. The van der Waals surface area contributed by atoms with Gasteiger partial charge in [-0.05, 0) is 48.4 Å². The van der Waals surface area contributed by atoms with E-state index in [-0.39, 0.29) is 5.56 Å². The van der Waals surface area contributed by atoms with Crippen LogP contribution in [0, 0.1) is 0 Å². The van der Waals surface area contributed by atoms with Crippen molar-refractivity contribution in [2.75, 3.05) is 7.11 Å². The highest BCUT2D eigenvalue weighted by Gasteiger charge is 2.16. The molecular formula is C28H23N5O2S2. The molecular weight excluding hydrogens is 502 g/mol. The molecule has 0 saturated carbocycles. The number of rotatable bonds is 8. The van der Waals surface area contributed by atoms with Crippen molar-refractivity contribution in [3.8, 4) is 17.1 Å². The third-order valence-corrected chi connectivity index (χ3v) is 8.15. The first kappa shape index (κ1) is 23.4. The van der Waals surface area contributed by atoms with Crippen molar-refractivity contribution in [3.63, 3.8) is 0 Å². The lowest BCUT2D eigenvalue weighted by molar-refractivity contribution is 0.415. The summed E-state index contributed by atoms with van der Waals surface area (Å²) >= 11 is 3.07. The summed E-state index contributed by atoms with van der Waals surface area (Å²) in [5.74, 6) is 2.11. The highest BCUT2D eigenvalue weighted by Crippen LogP contribution is 2.29. The SMILES string of the molecule is COc1ccc(-c2nnc(SCc3cc(=O)n4c(n3)sc3ccccc34)n2CCc2ccccc2)cc1. The van der Waals surface area contributed by atoms with Crippen LogP contribution in [0.25, 0.3) is 26.6 Å². The topological polar surface area (TPSA) is 74.3 Å². The number of nitrogens with zero attached hydrogens (tertiary/aromatic N) is 5. The number of hydrogen-bond acceptors (Lipinski definition) is 7. The predicted molar refractivity (Wildman–Crippen MR) is 149 cm³/mol. The molecule has 0 bridgehead atoms. The number of methoxy groups -OCH3 is 1. The van der Waals surface area contributed by atoms with Crippen molar-refractivity contribution < 1.29 is 4.74 Å². The van der Waals surface area contributed by atoms with Crippen LogP contribution in [-0.4, -0.2) is 31.3 Å². The molecule has 0 atom stereocenters. The number of thiazole rings is 1. The minimum absolute atomic E-state index is 0.0671. The maximum absolute atomic E-state index is 12.9. The minimum Gasteiger partial charge on any atom is -0.497 e. The van der Waals surface area contributed by atoms with Gasteiger partial charge in [0.1, 0.15) is 5.75 Å². The van der Waals surface area contributed by atoms with Crippen LogP contribution in [0.15, 0.2) is 94.9 Å². The van der Waals surface area contributed by atoms with Gasteiger partial charge in [-0.3, -0.25) is 9.20 Å². The Morgan fingerprint density at radius 2 is 1.73 bits per heavy atom. The van der Waals surface area contributed by atoms with Crippen LogP contribution < -0.4 is 10.3 Å². The fraction of sp³-hybridized carbons (Fsp3) is 0.143. The first-order valence-electron chi connectivity index (χ1n) is 11.8. The number of aromatic nitrogens is 5. The van der Waals surface area contributed by atoms with Crippen LogP contribution in [-0.2, 0) is 18.7 Å². The van der Waals surface area contributed by atoms with E-state index < -0.39 is 0 Å². The molecule has 3 aromatic carbocycles. The second-order valence-corrected chi connectivity index (χ2v) is 10.4. The lowest BCUT2D eigenvalue weighted by atomic mass is 10.1. The second-order valence-electron chi connectivity index (χ2n) is 8.48. The van der Waals surface area contributed by atoms with Gasteiger partial charge in [0.2, 0.25) is 0 Å². The highest BCUT2D eigenvalue weighted by atomic mass is 32.2. The summed E-state index contributed by atoms with van der Waals surface area (Å²) in [5, 5.41) is 9.84. The minimum atomic E-state index is -0.0671. The van der Waals surface area contributed by atoms with Gasteiger partial charge in [0.25, 0.3) is 5.56 Å². The van der Waals surface area contributed by atoms with Crippen LogP contribution in [0.2, 0.25) is 0 Å². The maximum atomic E-state index is 12.9. The van der Waals surface area contributed by atoms with Crippen LogP contribution in [0.4, 0.5) is 0 Å². The molecule has 7 nitrogen and oxygen atoms in total. The van der Waals surface area contributed by atoms with Crippen molar-refractivity contribution >= 4 is 38.3 Å². The molecule has 0 aliphatic carbocycles. The smallest absolute Gasteiger partial charge is 0.259 e.